The number of aryl methyl sites for hydroxylation is 3. The Balaban J connectivity index is 1.43. The van der Waals surface area contributed by atoms with Gasteiger partial charge in [0, 0.05) is 39.3 Å². The molecule has 1 aromatic heterocycles. The van der Waals surface area contributed by atoms with Gasteiger partial charge in [-0.05, 0) is 55.7 Å². The first-order chi connectivity index (χ1) is 14.4. The fourth-order valence-corrected chi connectivity index (χ4v) is 5.67. The molecule has 0 bridgehead atoms. The molecule has 1 aromatic carbocycles. The zero-order valence-corrected chi connectivity index (χ0v) is 18.7. The summed E-state index contributed by atoms with van der Waals surface area (Å²) < 4.78 is 33.4. The molecule has 0 saturated carbocycles. The Bertz CT molecular complexity index is 996. The number of sulfonamides is 1. The summed E-state index contributed by atoms with van der Waals surface area (Å²) in [6, 6.07) is 7.69. The minimum Gasteiger partial charge on any atom is -0.378 e. The van der Waals surface area contributed by atoms with Crippen LogP contribution in [0.25, 0.3) is 0 Å². The molecule has 3 heterocycles. The molecule has 2 aromatic rings. The lowest BCUT2D eigenvalue weighted by Crippen LogP contribution is -2.49. The maximum absolute atomic E-state index is 13.2. The maximum atomic E-state index is 13.2. The first-order valence-corrected chi connectivity index (χ1v) is 11.8. The normalized spacial score (nSPS) is 18.6. The van der Waals surface area contributed by atoms with E-state index in [2.05, 4.69) is 20.0 Å². The number of anilines is 2. The molecule has 0 unspecified atom stereocenters. The molecule has 2 fully saturated rings. The van der Waals surface area contributed by atoms with Gasteiger partial charge >= 0.3 is 0 Å². The molecule has 162 valence electrons. The Hall–Kier alpha value is -2.23. The minimum absolute atomic E-state index is 0.411. The molecular weight excluding hydrogens is 402 g/mol. The predicted molar refractivity (Wildman–Crippen MR) is 117 cm³/mol. The van der Waals surface area contributed by atoms with E-state index in [1.807, 2.05) is 39.0 Å². The summed E-state index contributed by atoms with van der Waals surface area (Å²) in [5.41, 5.74) is 2.90. The second kappa shape index (κ2) is 8.49. The second-order valence-electron chi connectivity index (χ2n) is 7.94. The van der Waals surface area contributed by atoms with E-state index in [9.17, 15) is 8.42 Å². The summed E-state index contributed by atoms with van der Waals surface area (Å²) >= 11 is 0. The highest BCUT2D eigenvalue weighted by Crippen LogP contribution is 2.25. The minimum atomic E-state index is -3.51. The van der Waals surface area contributed by atoms with Crippen molar-refractivity contribution >= 4 is 21.7 Å². The Morgan fingerprint density at radius 3 is 1.87 bits per heavy atom. The van der Waals surface area contributed by atoms with Gasteiger partial charge in [0.05, 0.1) is 18.1 Å². The summed E-state index contributed by atoms with van der Waals surface area (Å²) in [7, 11) is -3.51. The van der Waals surface area contributed by atoms with Gasteiger partial charge in [-0.15, -0.1) is 10.2 Å². The van der Waals surface area contributed by atoms with Crippen LogP contribution in [0.2, 0.25) is 0 Å². The van der Waals surface area contributed by atoms with E-state index in [-0.39, 0.29) is 0 Å². The first kappa shape index (κ1) is 21.0. The third-order valence-electron chi connectivity index (χ3n) is 5.94. The average molecular weight is 432 g/mol. The van der Waals surface area contributed by atoms with Crippen LogP contribution in [0.15, 0.2) is 29.2 Å². The molecule has 0 spiro atoms. The molecule has 2 aliphatic rings. The Kier molecular flexibility index (Phi) is 5.95. The number of benzene rings is 1. The Morgan fingerprint density at radius 1 is 0.767 bits per heavy atom. The van der Waals surface area contributed by atoms with E-state index in [1.54, 1.807) is 10.4 Å². The SMILES string of the molecule is Cc1cc(C)c(S(=O)(=O)N2CCN(c3ccc(N4CCOCC4)nn3)CC2)cc1C. The smallest absolute Gasteiger partial charge is 0.243 e. The number of rotatable bonds is 4. The van der Waals surface area contributed by atoms with Gasteiger partial charge in [0.2, 0.25) is 10.0 Å². The Morgan fingerprint density at radius 2 is 1.30 bits per heavy atom. The number of hydrogen-bond donors (Lipinski definition) is 0. The number of aromatic nitrogens is 2. The average Bonchev–Trinajstić information content (AvgIpc) is 2.77. The van der Waals surface area contributed by atoms with E-state index < -0.39 is 10.0 Å². The van der Waals surface area contributed by atoms with Crippen LogP contribution in [-0.2, 0) is 14.8 Å². The van der Waals surface area contributed by atoms with Gasteiger partial charge in [-0.2, -0.15) is 4.31 Å². The molecule has 4 rings (SSSR count). The molecule has 2 saturated heterocycles. The highest BCUT2D eigenvalue weighted by molar-refractivity contribution is 7.89. The quantitative estimate of drug-likeness (QED) is 0.730. The van der Waals surface area contributed by atoms with Crippen molar-refractivity contribution in [3.8, 4) is 0 Å². The fraction of sp³-hybridized carbons (Fsp3) is 0.524. The van der Waals surface area contributed by atoms with Crippen molar-refractivity contribution in [3.05, 3.63) is 41.0 Å². The van der Waals surface area contributed by atoms with Crippen molar-refractivity contribution in [1.82, 2.24) is 14.5 Å². The monoisotopic (exact) mass is 431 g/mol. The molecule has 0 aliphatic carbocycles. The lowest BCUT2D eigenvalue weighted by Gasteiger charge is -2.35. The molecule has 0 radical (unpaired) electrons. The summed E-state index contributed by atoms with van der Waals surface area (Å²) in [5.74, 6) is 1.64. The Labute approximate surface area is 178 Å². The highest BCUT2D eigenvalue weighted by atomic mass is 32.2. The van der Waals surface area contributed by atoms with Gasteiger partial charge in [-0.1, -0.05) is 6.07 Å². The number of morpholine rings is 1. The van der Waals surface area contributed by atoms with E-state index in [4.69, 9.17) is 4.74 Å². The third-order valence-corrected chi connectivity index (χ3v) is 7.98. The number of piperazine rings is 1. The van der Waals surface area contributed by atoms with Gasteiger partial charge < -0.3 is 14.5 Å². The molecule has 8 nitrogen and oxygen atoms in total. The zero-order chi connectivity index (χ0) is 21.3. The van der Waals surface area contributed by atoms with Gasteiger partial charge in [-0.25, -0.2) is 8.42 Å². The van der Waals surface area contributed by atoms with Crippen LogP contribution < -0.4 is 9.80 Å². The topological polar surface area (TPSA) is 78.9 Å². The highest BCUT2D eigenvalue weighted by Gasteiger charge is 2.30. The molecular formula is C21H29N5O3S. The number of nitrogens with zero attached hydrogens (tertiary/aromatic N) is 5. The van der Waals surface area contributed by atoms with Crippen LogP contribution in [0.4, 0.5) is 11.6 Å². The van der Waals surface area contributed by atoms with Crippen molar-refractivity contribution < 1.29 is 13.2 Å². The maximum Gasteiger partial charge on any atom is 0.243 e. The standard InChI is InChI=1S/C21H29N5O3S/c1-16-14-18(3)19(15-17(16)2)30(27,28)26-8-6-24(7-9-26)20-4-5-21(23-22-20)25-10-12-29-13-11-25/h4-5,14-15H,6-13H2,1-3H3. The molecule has 9 heteroatoms. The summed E-state index contributed by atoms with van der Waals surface area (Å²) in [4.78, 5) is 4.67. The lowest BCUT2D eigenvalue weighted by molar-refractivity contribution is 0.122. The van der Waals surface area contributed by atoms with Gasteiger partial charge in [0.1, 0.15) is 0 Å². The largest absolute Gasteiger partial charge is 0.378 e. The molecule has 0 amide bonds. The van der Waals surface area contributed by atoms with Crippen molar-refractivity contribution in [1.29, 1.82) is 0 Å². The zero-order valence-electron chi connectivity index (χ0n) is 17.8. The van der Waals surface area contributed by atoms with Crippen molar-refractivity contribution in [2.24, 2.45) is 0 Å². The molecule has 30 heavy (non-hydrogen) atoms. The summed E-state index contributed by atoms with van der Waals surface area (Å²) in [6.45, 7) is 10.9. The van der Waals surface area contributed by atoms with Gasteiger partial charge in [0.15, 0.2) is 11.6 Å². The van der Waals surface area contributed by atoms with Gasteiger partial charge in [0.25, 0.3) is 0 Å². The summed E-state index contributed by atoms with van der Waals surface area (Å²) in [5, 5.41) is 8.75. The van der Waals surface area contributed by atoms with Crippen LogP contribution in [-0.4, -0.2) is 75.4 Å². The van der Waals surface area contributed by atoms with Crippen LogP contribution in [0, 0.1) is 20.8 Å². The number of hydrogen-bond acceptors (Lipinski definition) is 7. The number of ether oxygens (including phenoxy) is 1. The lowest BCUT2D eigenvalue weighted by atomic mass is 10.1. The first-order valence-electron chi connectivity index (χ1n) is 10.4. The van der Waals surface area contributed by atoms with Crippen LogP contribution in [0.5, 0.6) is 0 Å². The van der Waals surface area contributed by atoms with Crippen molar-refractivity contribution in [3.63, 3.8) is 0 Å². The van der Waals surface area contributed by atoms with Gasteiger partial charge in [-0.3, -0.25) is 0 Å². The van der Waals surface area contributed by atoms with Crippen molar-refractivity contribution in [2.45, 2.75) is 25.7 Å². The predicted octanol–water partition coefficient (Wildman–Crippen LogP) is 1.75. The van der Waals surface area contributed by atoms with Crippen LogP contribution in [0.1, 0.15) is 16.7 Å². The third kappa shape index (κ3) is 4.14. The van der Waals surface area contributed by atoms with E-state index in [0.29, 0.717) is 44.3 Å². The van der Waals surface area contributed by atoms with Crippen molar-refractivity contribution in [2.75, 3.05) is 62.3 Å². The van der Waals surface area contributed by atoms with E-state index in [0.717, 1.165) is 41.4 Å². The second-order valence-corrected chi connectivity index (χ2v) is 9.85. The molecule has 2 aliphatic heterocycles. The summed E-state index contributed by atoms with van der Waals surface area (Å²) in [6.07, 6.45) is 0. The molecule has 0 atom stereocenters. The fourth-order valence-electron chi connectivity index (χ4n) is 3.96. The molecule has 0 N–H and O–H groups in total. The van der Waals surface area contributed by atoms with Crippen LogP contribution >= 0.6 is 0 Å². The van der Waals surface area contributed by atoms with E-state index in [1.165, 1.54) is 0 Å². The van der Waals surface area contributed by atoms with E-state index >= 15 is 0 Å². The van der Waals surface area contributed by atoms with Crippen LogP contribution in [0.3, 0.4) is 0 Å².